The standard InChI is InChI=1S/C20H23N3O4/c1-20(2,3)18(21)12-17(13-6-10-16(11-7-13)23(26)27)22-15-8-4-14(5-9-15)19(24)25/h4-11,17,21-22H,12H2,1-3H3,(H,24,25). The van der Waals surface area contributed by atoms with Gasteiger partial charge >= 0.3 is 5.97 Å². The number of anilines is 1. The lowest BCUT2D eigenvalue weighted by Gasteiger charge is -2.26. The van der Waals surface area contributed by atoms with Crippen LogP contribution in [0.3, 0.4) is 0 Å². The summed E-state index contributed by atoms with van der Waals surface area (Å²) < 4.78 is 0. The number of aromatic carboxylic acids is 1. The summed E-state index contributed by atoms with van der Waals surface area (Å²) in [4.78, 5) is 21.4. The highest BCUT2D eigenvalue weighted by atomic mass is 16.6. The van der Waals surface area contributed by atoms with E-state index in [0.717, 1.165) is 5.56 Å². The van der Waals surface area contributed by atoms with Gasteiger partial charge in [0.1, 0.15) is 0 Å². The van der Waals surface area contributed by atoms with Gasteiger partial charge in [-0.2, -0.15) is 0 Å². The number of nitro benzene ring substituents is 1. The maximum atomic E-state index is 11.0. The van der Waals surface area contributed by atoms with Gasteiger partial charge in [-0.3, -0.25) is 10.1 Å². The molecule has 7 heteroatoms. The van der Waals surface area contributed by atoms with Gasteiger partial charge < -0.3 is 15.8 Å². The summed E-state index contributed by atoms with van der Waals surface area (Å²) in [6.07, 6.45) is 0.419. The summed E-state index contributed by atoms with van der Waals surface area (Å²) in [6.45, 7) is 5.89. The van der Waals surface area contributed by atoms with Gasteiger partial charge in [-0.05, 0) is 35.2 Å². The molecule has 142 valence electrons. The lowest BCUT2D eigenvalue weighted by atomic mass is 9.85. The van der Waals surface area contributed by atoms with Crippen molar-refractivity contribution in [1.82, 2.24) is 0 Å². The zero-order chi connectivity index (χ0) is 20.2. The van der Waals surface area contributed by atoms with Crippen molar-refractivity contribution in [2.45, 2.75) is 33.2 Å². The second-order valence-electron chi connectivity index (χ2n) is 7.36. The van der Waals surface area contributed by atoms with Gasteiger partial charge in [0.2, 0.25) is 0 Å². The molecular formula is C20H23N3O4. The molecule has 1 unspecified atom stereocenters. The number of carboxylic acid groups (broad SMARTS) is 1. The van der Waals surface area contributed by atoms with Gasteiger partial charge in [0.25, 0.3) is 5.69 Å². The highest BCUT2D eigenvalue weighted by molar-refractivity contribution is 5.88. The van der Waals surface area contributed by atoms with Crippen LogP contribution in [-0.4, -0.2) is 21.7 Å². The van der Waals surface area contributed by atoms with E-state index in [-0.39, 0.29) is 22.7 Å². The fraction of sp³-hybridized carbons (Fsp3) is 0.300. The second kappa shape index (κ2) is 7.99. The van der Waals surface area contributed by atoms with Gasteiger partial charge in [-0.1, -0.05) is 32.9 Å². The Morgan fingerprint density at radius 3 is 2.15 bits per heavy atom. The number of carbonyl (C=O) groups is 1. The van der Waals surface area contributed by atoms with E-state index in [9.17, 15) is 14.9 Å². The van der Waals surface area contributed by atoms with Gasteiger partial charge in [-0.25, -0.2) is 4.79 Å². The van der Waals surface area contributed by atoms with Crippen LogP contribution in [0.25, 0.3) is 0 Å². The normalized spacial score (nSPS) is 12.3. The van der Waals surface area contributed by atoms with Crippen LogP contribution in [0.2, 0.25) is 0 Å². The minimum atomic E-state index is -0.997. The molecule has 0 heterocycles. The molecule has 0 aromatic heterocycles. The summed E-state index contributed by atoms with van der Waals surface area (Å²) in [5.74, 6) is -0.997. The Morgan fingerprint density at radius 2 is 1.70 bits per heavy atom. The molecule has 0 bridgehead atoms. The quantitative estimate of drug-likeness (QED) is 0.364. The lowest BCUT2D eigenvalue weighted by Crippen LogP contribution is -2.24. The Labute approximate surface area is 157 Å². The van der Waals surface area contributed by atoms with E-state index >= 15 is 0 Å². The van der Waals surface area contributed by atoms with Gasteiger partial charge in [0.15, 0.2) is 0 Å². The van der Waals surface area contributed by atoms with E-state index in [1.807, 2.05) is 20.8 Å². The summed E-state index contributed by atoms with van der Waals surface area (Å²) in [6, 6.07) is 12.3. The van der Waals surface area contributed by atoms with E-state index in [4.69, 9.17) is 10.5 Å². The molecule has 0 radical (unpaired) electrons. The molecule has 2 aromatic carbocycles. The SMILES string of the molecule is CC(C)(C)C(=N)CC(Nc1ccc(C(=O)O)cc1)c1ccc([N+](=O)[O-])cc1. The number of nitrogens with one attached hydrogen (secondary N) is 2. The molecule has 0 aliphatic rings. The Morgan fingerprint density at radius 1 is 1.15 bits per heavy atom. The fourth-order valence-electron chi connectivity index (χ4n) is 2.50. The minimum absolute atomic E-state index is 0.00853. The first kappa shape index (κ1) is 20.1. The van der Waals surface area contributed by atoms with Crippen LogP contribution in [0.5, 0.6) is 0 Å². The average molecular weight is 369 g/mol. The molecule has 2 aromatic rings. The van der Waals surface area contributed by atoms with Gasteiger partial charge in [0.05, 0.1) is 16.5 Å². The molecule has 2 rings (SSSR count). The van der Waals surface area contributed by atoms with E-state index in [2.05, 4.69) is 5.32 Å². The number of rotatable bonds is 7. The highest BCUT2D eigenvalue weighted by Gasteiger charge is 2.23. The van der Waals surface area contributed by atoms with Crippen molar-refractivity contribution in [3.8, 4) is 0 Å². The Bertz CT molecular complexity index is 837. The molecule has 0 amide bonds. The van der Waals surface area contributed by atoms with Gasteiger partial charge in [0, 0.05) is 30.0 Å². The number of carboxylic acids is 1. The maximum Gasteiger partial charge on any atom is 0.335 e. The van der Waals surface area contributed by atoms with E-state index in [0.29, 0.717) is 17.8 Å². The number of hydrogen-bond acceptors (Lipinski definition) is 5. The summed E-state index contributed by atoms with van der Waals surface area (Å²) in [5, 5.41) is 31.6. The topological polar surface area (TPSA) is 116 Å². The number of hydrogen-bond donors (Lipinski definition) is 3. The molecule has 0 aliphatic heterocycles. The third kappa shape index (κ3) is 5.37. The molecule has 3 N–H and O–H groups in total. The minimum Gasteiger partial charge on any atom is -0.478 e. The van der Waals surface area contributed by atoms with Crippen molar-refractivity contribution >= 4 is 23.1 Å². The zero-order valence-electron chi connectivity index (χ0n) is 15.5. The largest absolute Gasteiger partial charge is 0.478 e. The van der Waals surface area contributed by atoms with Crippen LogP contribution in [0, 0.1) is 20.9 Å². The number of benzene rings is 2. The first-order chi connectivity index (χ1) is 12.6. The summed E-state index contributed by atoms with van der Waals surface area (Å²) in [7, 11) is 0. The second-order valence-corrected chi connectivity index (χ2v) is 7.36. The van der Waals surface area contributed by atoms with Crippen LogP contribution in [0.1, 0.15) is 49.2 Å². The molecule has 0 fully saturated rings. The first-order valence-corrected chi connectivity index (χ1v) is 8.50. The molecule has 27 heavy (non-hydrogen) atoms. The average Bonchev–Trinajstić information content (AvgIpc) is 2.60. The predicted octanol–water partition coefficient (Wildman–Crippen LogP) is 4.90. The van der Waals surface area contributed by atoms with Crippen LogP contribution < -0.4 is 5.32 Å². The predicted molar refractivity (Wildman–Crippen MR) is 105 cm³/mol. The monoisotopic (exact) mass is 369 g/mol. The fourth-order valence-corrected chi connectivity index (χ4v) is 2.50. The van der Waals surface area contributed by atoms with Crippen molar-refractivity contribution in [3.63, 3.8) is 0 Å². The van der Waals surface area contributed by atoms with Crippen LogP contribution in [0.4, 0.5) is 11.4 Å². The van der Waals surface area contributed by atoms with E-state index < -0.39 is 10.9 Å². The van der Waals surface area contributed by atoms with Crippen LogP contribution in [0.15, 0.2) is 48.5 Å². The number of non-ortho nitro benzene ring substituents is 1. The van der Waals surface area contributed by atoms with Crippen LogP contribution >= 0.6 is 0 Å². The molecule has 0 saturated carbocycles. The van der Waals surface area contributed by atoms with E-state index in [1.54, 1.807) is 24.3 Å². The third-order valence-electron chi connectivity index (χ3n) is 4.29. The van der Waals surface area contributed by atoms with Crippen molar-refractivity contribution in [2.24, 2.45) is 5.41 Å². The summed E-state index contributed by atoms with van der Waals surface area (Å²) >= 11 is 0. The van der Waals surface area contributed by atoms with Crippen molar-refractivity contribution in [1.29, 1.82) is 5.41 Å². The van der Waals surface area contributed by atoms with Gasteiger partial charge in [-0.15, -0.1) is 0 Å². The zero-order valence-corrected chi connectivity index (χ0v) is 15.5. The van der Waals surface area contributed by atoms with Crippen molar-refractivity contribution in [3.05, 3.63) is 69.8 Å². The summed E-state index contributed by atoms with van der Waals surface area (Å²) in [5.41, 5.74) is 1.97. The van der Waals surface area contributed by atoms with E-state index in [1.165, 1.54) is 24.3 Å². The Kier molecular flexibility index (Phi) is 5.95. The smallest absolute Gasteiger partial charge is 0.335 e. The molecule has 0 spiro atoms. The maximum absolute atomic E-state index is 11.0. The number of nitro groups is 1. The Hall–Kier alpha value is -3.22. The van der Waals surface area contributed by atoms with Crippen LogP contribution in [-0.2, 0) is 0 Å². The molecule has 7 nitrogen and oxygen atoms in total. The first-order valence-electron chi connectivity index (χ1n) is 8.50. The molecular weight excluding hydrogens is 346 g/mol. The van der Waals surface area contributed by atoms with Crippen molar-refractivity contribution in [2.75, 3.05) is 5.32 Å². The Balaban J connectivity index is 2.29. The molecule has 0 saturated heterocycles. The molecule has 0 aliphatic carbocycles. The number of nitrogens with zero attached hydrogens (tertiary/aromatic N) is 1. The molecule has 1 atom stereocenters. The van der Waals surface area contributed by atoms with Crippen molar-refractivity contribution < 1.29 is 14.8 Å². The third-order valence-corrected chi connectivity index (χ3v) is 4.29. The highest BCUT2D eigenvalue weighted by Crippen LogP contribution is 2.29. The lowest BCUT2D eigenvalue weighted by molar-refractivity contribution is -0.384.